The van der Waals surface area contributed by atoms with Crippen molar-refractivity contribution in [1.29, 1.82) is 10.8 Å². The molecular weight excluding hydrogens is 304 g/mol. The largest absolute Gasteiger partial charge is 0.396 e. The van der Waals surface area contributed by atoms with Gasteiger partial charge in [0.05, 0.1) is 0 Å². The number of nitrogens with two attached hydrogens (primary N) is 2. The monoisotopic (exact) mass is 326 g/mol. The molecule has 116 valence electrons. The zero-order chi connectivity index (χ0) is 15.7. The Hall–Kier alpha value is -1.18. The predicted molar refractivity (Wildman–Crippen MR) is 93.3 cm³/mol. The summed E-state index contributed by atoms with van der Waals surface area (Å²) in [6, 6.07) is 8.27. The van der Waals surface area contributed by atoms with Crippen LogP contribution in [0.1, 0.15) is 23.5 Å². The molecule has 7 heteroatoms. The minimum absolute atomic E-state index is 0.107. The summed E-state index contributed by atoms with van der Waals surface area (Å²) in [5.74, 6) is 1.70. The van der Waals surface area contributed by atoms with E-state index in [0.29, 0.717) is 12.2 Å². The third kappa shape index (κ3) is 7.40. The smallest absolute Gasteiger partial charge is 0.151 e. The quantitative estimate of drug-likeness (QED) is 0.369. The zero-order valence-electron chi connectivity index (χ0n) is 11.8. The molecule has 1 atom stereocenters. The fraction of sp³-hybridized carbons (Fsp3) is 0.429. The second kappa shape index (κ2) is 9.70. The van der Waals surface area contributed by atoms with Gasteiger partial charge in [-0.05, 0) is 29.9 Å². The summed E-state index contributed by atoms with van der Waals surface area (Å²) >= 11 is 2.65. The Labute approximate surface area is 133 Å². The van der Waals surface area contributed by atoms with Gasteiger partial charge in [0.25, 0.3) is 0 Å². The molecule has 1 rings (SSSR count). The van der Waals surface area contributed by atoms with E-state index in [9.17, 15) is 0 Å². The highest BCUT2D eigenvalue weighted by atomic mass is 32.2. The van der Waals surface area contributed by atoms with Crippen molar-refractivity contribution < 1.29 is 5.11 Å². The molecular formula is C14H22N4OS2. The third-order valence-electron chi connectivity index (χ3n) is 3.02. The molecule has 0 aromatic heterocycles. The molecule has 21 heavy (non-hydrogen) atoms. The highest BCUT2D eigenvalue weighted by molar-refractivity contribution is 8.13. The van der Waals surface area contributed by atoms with Gasteiger partial charge in [-0.25, -0.2) is 0 Å². The molecule has 0 aliphatic rings. The second-order valence-corrected chi connectivity index (χ2v) is 6.79. The van der Waals surface area contributed by atoms with Crippen molar-refractivity contribution in [3.8, 4) is 0 Å². The van der Waals surface area contributed by atoms with Crippen molar-refractivity contribution in [1.82, 2.24) is 0 Å². The summed E-state index contributed by atoms with van der Waals surface area (Å²) in [6.45, 7) is 0.125. The number of aliphatic hydroxyl groups is 1. The predicted octanol–water partition coefficient (Wildman–Crippen LogP) is 1.95. The molecule has 0 radical (unpaired) electrons. The molecule has 0 heterocycles. The van der Waals surface area contributed by atoms with Crippen LogP contribution < -0.4 is 11.5 Å². The number of benzene rings is 1. The maximum absolute atomic E-state index is 9.16. The van der Waals surface area contributed by atoms with E-state index in [1.54, 1.807) is 0 Å². The van der Waals surface area contributed by atoms with Crippen LogP contribution in [0.4, 0.5) is 0 Å². The first-order valence-corrected chi connectivity index (χ1v) is 8.63. The highest BCUT2D eigenvalue weighted by Gasteiger charge is 2.12. The molecule has 0 aliphatic heterocycles. The third-order valence-corrected chi connectivity index (χ3v) is 4.62. The van der Waals surface area contributed by atoms with Crippen LogP contribution >= 0.6 is 23.5 Å². The zero-order valence-corrected chi connectivity index (χ0v) is 13.5. The Balaban J connectivity index is 2.59. The second-order valence-electron chi connectivity index (χ2n) is 4.59. The van der Waals surface area contributed by atoms with E-state index in [1.165, 1.54) is 29.1 Å². The molecule has 0 unspecified atom stereocenters. The number of hydrogen-bond donors (Lipinski definition) is 5. The summed E-state index contributed by atoms with van der Waals surface area (Å²) < 4.78 is 0. The van der Waals surface area contributed by atoms with Crippen LogP contribution in [0, 0.1) is 10.8 Å². The summed E-state index contributed by atoms with van der Waals surface area (Å²) in [5.41, 5.74) is 13.0. The molecule has 0 saturated carbocycles. The standard InChI is InChI=1S/C14H22N4OS2/c15-13(16)20-8-6-10-1-3-11(4-2-10)12(5-7-19)9-21-14(17)18/h1-4,12,19H,5-9H2,(H3,15,16)(H3,17,18)/t12-/m0/s1. The van der Waals surface area contributed by atoms with Gasteiger partial charge in [0, 0.05) is 18.1 Å². The first-order valence-electron chi connectivity index (χ1n) is 6.66. The van der Waals surface area contributed by atoms with Crippen LogP contribution in [-0.2, 0) is 6.42 Å². The summed E-state index contributed by atoms with van der Waals surface area (Å²) in [7, 11) is 0. The van der Waals surface area contributed by atoms with Crippen LogP contribution in [0.2, 0.25) is 0 Å². The molecule has 1 aromatic carbocycles. The Morgan fingerprint density at radius 2 is 1.71 bits per heavy atom. The van der Waals surface area contributed by atoms with E-state index in [1.807, 2.05) is 0 Å². The Kier molecular flexibility index (Phi) is 8.26. The minimum Gasteiger partial charge on any atom is -0.396 e. The summed E-state index contributed by atoms with van der Waals surface area (Å²) in [5, 5.41) is 23.9. The summed E-state index contributed by atoms with van der Waals surface area (Å²) in [6.07, 6.45) is 1.54. The van der Waals surface area contributed by atoms with Gasteiger partial charge in [-0.2, -0.15) is 0 Å². The molecule has 7 N–H and O–H groups in total. The number of aryl methyl sites for hydroxylation is 1. The molecule has 0 aliphatic carbocycles. The number of thioether (sulfide) groups is 2. The van der Waals surface area contributed by atoms with Gasteiger partial charge < -0.3 is 16.6 Å². The maximum atomic E-state index is 9.16. The molecule has 0 saturated heterocycles. The lowest BCUT2D eigenvalue weighted by molar-refractivity contribution is 0.279. The van der Waals surface area contributed by atoms with Gasteiger partial charge in [-0.3, -0.25) is 10.8 Å². The normalized spacial score (nSPS) is 12.0. The van der Waals surface area contributed by atoms with Crippen molar-refractivity contribution in [2.75, 3.05) is 18.1 Å². The molecule has 1 aromatic rings. The Morgan fingerprint density at radius 1 is 1.10 bits per heavy atom. The van der Waals surface area contributed by atoms with Crippen LogP contribution in [0.5, 0.6) is 0 Å². The molecule has 5 nitrogen and oxygen atoms in total. The van der Waals surface area contributed by atoms with Crippen molar-refractivity contribution in [2.24, 2.45) is 11.5 Å². The molecule has 0 amide bonds. The SMILES string of the molecule is N=C(N)SCCc1ccc([C@@H](CCO)CSC(=N)N)cc1. The molecule has 0 spiro atoms. The van der Waals surface area contributed by atoms with Gasteiger partial charge in [0.2, 0.25) is 0 Å². The number of amidine groups is 2. The van der Waals surface area contributed by atoms with E-state index in [2.05, 4.69) is 24.3 Å². The summed E-state index contributed by atoms with van der Waals surface area (Å²) in [4.78, 5) is 0. The number of hydrogen-bond acceptors (Lipinski definition) is 5. The fourth-order valence-corrected chi connectivity index (χ4v) is 3.23. The first kappa shape index (κ1) is 17.9. The van der Waals surface area contributed by atoms with E-state index in [-0.39, 0.29) is 22.9 Å². The topological polar surface area (TPSA) is 120 Å². The van der Waals surface area contributed by atoms with Crippen LogP contribution in [-0.4, -0.2) is 33.6 Å². The Bertz CT molecular complexity index is 465. The van der Waals surface area contributed by atoms with E-state index < -0.39 is 0 Å². The fourth-order valence-electron chi connectivity index (χ4n) is 1.93. The maximum Gasteiger partial charge on any atom is 0.151 e. The van der Waals surface area contributed by atoms with Crippen molar-refractivity contribution in [2.45, 2.75) is 18.8 Å². The lowest BCUT2D eigenvalue weighted by Gasteiger charge is -2.16. The Morgan fingerprint density at radius 3 is 2.24 bits per heavy atom. The van der Waals surface area contributed by atoms with E-state index in [0.717, 1.165) is 17.7 Å². The van der Waals surface area contributed by atoms with Crippen LogP contribution in [0.15, 0.2) is 24.3 Å². The van der Waals surface area contributed by atoms with Gasteiger partial charge in [-0.15, -0.1) is 0 Å². The average Bonchev–Trinajstić information content (AvgIpc) is 2.44. The molecule has 0 bridgehead atoms. The first-order chi connectivity index (χ1) is 10.0. The average molecular weight is 326 g/mol. The van der Waals surface area contributed by atoms with E-state index in [4.69, 9.17) is 27.4 Å². The van der Waals surface area contributed by atoms with Crippen molar-refractivity contribution >= 4 is 33.9 Å². The van der Waals surface area contributed by atoms with Crippen LogP contribution in [0.3, 0.4) is 0 Å². The number of nitrogens with one attached hydrogen (secondary N) is 2. The van der Waals surface area contributed by atoms with Crippen molar-refractivity contribution in [3.05, 3.63) is 35.4 Å². The molecule has 0 fully saturated rings. The van der Waals surface area contributed by atoms with Gasteiger partial charge in [0.15, 0.2) is 10.3 Å². The minimum atomic E-state index is 0.107. The number of aliphatic hydroxyl groups excluding tert-OH is 1. The lowest BCUT2D eigenvalue weighted by Crippen LogP contribution is -2.11. The lowest BCUT2D eigenvalue weighted by atomic mass is 9.96. The van der Waals surface area contributed by atoms with E-state index >= 15 is 0 Å². The van der Waals surface area contributed by atoms with Gasteiger partial charge in [-0.1, -0.05) is 47.8 Å². The van der Waals surface area contributed by atoms with Crippen LogP contribution in [0.25, 0.3) is 0 Å². The van der Waals surface area contributed by atoms with Gasteiger partial charge in [0.1, 0.15) is 0 Å². The number of rotatable bonds is 8. The van der Waals surface area contributed by atoms with Gasteiger partial charge >= 0.3 is 0 Å². The van der Waals surface area contributed by atoms with Crippen molar-refractivity contribution in [3.63, 3.8) is 0 Å². The highest BCUT2D eigenvalue weighted by Crippen LogP contribution is 2.24.